The van der Waals surface area contributed by atoms with Crippen LogP contribution in [0.3, 0.4) is 0 Å². The molecule has 0 amide bonds. The molecule has 2 aliphatic rings. The van der Waals surface area contributed by atoms with Crippen molar-refractivity contribution >= 4 is 5.97 Å². The Hall–Kier alpha value is -1.40. The van der Waals surface area contributed by atoms with E-state index in [2.05, 4.69) is 15.7 Å². The van der Waals surface area contributed by atoms with Crippen LogP contribution in [0.25, 0.3) is 0 Å². The molecule has 3 heterocycles. The van der Waals surface area contributed by atoms with Crippen LogP contribution in [-0.4, -0.2) is 52.3 Å². The highest BCUT2D eigenvalue weighted by molar-refractivity contribution is 5.73. The zero-order chi connectivity index (χ0) is 16.4. The van der Waals surface area contributed by atoms with E-state index in [-0.39, 0.29) is 11.9 Å². The van der Waals surface area contributed by atoms with Crippen LogP contribution in [0.5, 0.6) is 0 Å². The number of fused-ring (bicyclic) bond motifs is 1. The highest BCUT2D eigenvalue weighted by atomic mass is 16.6. The smallest absolute Gasteiger partial charge is 0.309 e. The summed E-state index contributed by atoms with van der Waals surface area (Å²) in [6.45, 7) is 11.0. The standard InChI is InChI=1S/C17H27N3O3/c1-17(2,3)23-16(21)13-4-5-20-12-14(18-15(20)10-13)11-19-6-8-22-9-7-19/h12-13H,4-11H2,1-3H3. The molecule has 6 nitrogen and oxygen atoms in total. The molecule has 0 saturated carbocycles. The number of aryl methyl sites for hydroxylation is 1. The van der Waals surface area contributed by atoms with Gasteiger partial charge in [-0.3, -0.25) is 9.69 Å². The summed E-state index contributed by atoms with van der Waals surface area (Å²) in [7, 11) is 0. The minimum atomic E-state index is -0.425. The third kappa shape index (κ3) is 4.32. The van der Waals surface area contributed by atoms with Crippen LogP contribution in [0, 0.1) is 5.92 Å². The largest absolute Gasteiger partial charge is 0.460 e. The zero-order valence-electron chi connectivity index (χ0n) is 14.4. The molecule has 2 aliphatic heterocycles. The van der Waals surface area contributed by atoms with Crippen LogP contribution >= 0.6 is 0 Å². The molecule has 1 atom stereocenters. The Morgan fingerprint density at radius 3 is 2.78 bits per heavy atom. The van der Waals surface area contributed by atoms with Gasteiger partial charge in [-0.15, -0.1) is 0 Å². The van der Waals surface area contributed by atoms with Crippen molar-refractivity contribution in [2.45, 2.75) is 52.3 Å². The summed E-state index contributed by atoms with van der Waals surface area (Å²) in [5.74, 6) is 0.845. The minimum Gasteiger partial charge on any atom is -0.460 e. The first-order valence-electron chi connectivity index (χ1n) is 8.48. The molecular weight excluding hydrogens is 294 g/mol. The number of hydrogen-bond acceptors (Lipinski definition) is 5. The van der Waals surface area contributed by atoms with Crippen molar-refractivity contribution in [2.24, 2.45) is 5.92 Å². The SMILES string of the molecule is CC(C)(C)OC(=O)C1CCn2cc(CN3CCOCC3)nc2C1. The van der Waals surface area contributed by atoms with Gasteiger partial charge in [-0.1, -0.05) is 0 Å². The molecular formula is C17H27N3O3. The highest BCUT2D eigenvalue weighted by Crippen LogP contribution is 2.24. The number of carbonyl (C=O) groups is 1. The van der Waals surface area contributed by atoms with Gasteiger partial charge in [0.25, 0.3) is 0 Å². The van der Waals surface area contributed by atoms with E-state index < -0.39 is 5.60 Å². The van der Waals surface area contributed by atoms with Gasteiger partial charge in [-0.2, -0.15) is 0 Å². The van der Waals surface area contributed by atoms with Crippen LogP contribution in [0.15, 0.2) is 6.20 Å². The first kappa shape index (κ1) is 16.5. The summed E-state index contributed by atoms with van der Waals surface area (Å²) >= 11 is 0. The molecule has 0 aliphatic carbocycles. The van der Waals surface area contributed by atoms with Crippen molar-refractivity contribution in [1.82, 2.24) is 14.5 Å². The third-order valence-electron chi connectivity index (χ3n) is 4.29. The van der Waals surface area contributed by atoms with Gasteiger partial charge in [0.1, 0.15) is 11.4 Å². The lowest BCUT2D eigenvalue weighted by molar-refractivity contribution is -0.160. The lowest BCUT2D eigenvalue weighted by Crippen LogP contribution is -2.35. The molecule has 0 spiro atoms. The molecule has 1 fully saturated rings. The van der Waals surface area contributed by atoms with Gasteiger partial charge in [-0.05, 0) is 27.2 Å². The quantitative estimate of drug-likeness (QED) is 0.792. The average molecular weight is 321 g/mol. The first-order valence-corrected chi connectivity index (χ1v) is 8.48. The molecule has 0 aromatic carbocycles. The van der Waals surface area contributed by atoms with E-state index >= 15 is 0 Å². The maximum atomic E-state index is 12.3. The number of morpholine rings is 1. The number of esters is 1. The van der Waals surface area contributed by atoms with Crippen LogP contribution < -0.4 is 0 Å². The molecule has 3 rings (SSSR count). The summed E-state index contributed by atoms with van der Waals surface area (Å²) in [5, 5.41) is 0. The zero-order valence-corrected chi connectivity index (χ0v) is 14.4. The lowest BCUT2D eigenvalue weighted by Gasteiger charge is -2.26. The number of nitrogens with zero attached hydrogens (tertiary/aromatic N) is 3. The van der Waals surface area contributed by atoms with Gasteiger partial charge in [-0.25, -0.2) is 4.98 Å². The molecule has 23 heavy (non-hydrogen) atoms. The van der Waals surface area contributed by atoms with Crippen LogP contribution in [-0.2, 0) is 33.8 Å². The lowest BCUT2D eigenvalue weighted by atomic mass is 9.97. The highest BCUT2D eigenvalue weighted by Gasteiger charge is 2.30. The Labute approximate surface area is 137 Å². The van der Waals surface area contributed by atoms with Crippen molar-refractivity contribution in [1.29, 1.82) is 0 Å². The summed E-state index contributed by atoms with van der Waals surface area (Å²) in [4.78, 5) is 19.4. The third-order valence-corrected chi connectivity index (χ3v) is 4.29. The molecule has 128 valence electrons. The minimum absolute atomic E-state index is 0.0691. The molecule has 0 radical (unpaired) electrons. The molecule has 1 aromatic rings. The van der Waals surface area contributed by atoms with Gasteiger partial charge in [0.2, 0.25) is 0 Å². The van der Waals surface area contributed by atoms with Crippen molar-refractivity contribution in [3.05, 3.63) is 17.7 Å². The molecule has 1 saturated heterocycles. The van der Waals surface area contributed by atoms with E-state index in [1.54, 1.807) is 0 Å². The number of imidazole rings is 1. The average Bonchev–Trinajstić information content (AvgIpc) is 2.87. The van der Waals surface area contributed by atoms with Crippen molar-refractivity contribution in [2.75, 3.05) is 26.3 Å². The molecule has 1 unspecified atom stereocenters. The predicted molar refractivity (Wildman–Crippen MR) is 86.0 cm³/mol. The summed E-state index contributed by atoms with van der Waals surface area (Å²) in [6.07, 6.45) is 3.64. The second kappa shape index (κ2) is 6.61. The van der Waals surface area contributed by atoms with Crippen LogP contribution in [0.2, 0.25) is 0 Å². The van der Waals surface area contributed by atoms with E-state index in [4.69, 9.17) is 14.5 Å². The fourth-order valence-corrected chi connectivity index (χ4v) is 3.14. The van der Waals surface area contributed by atoms with Gasteiger partial charge in [0.15, 0.2) is 0 Å². The number of ether oxygens (including phenoxy) is 2. The maximum Gasteiger partial charge on any atom is 0.309 e. The monoisotopic (exact) mass is 321 g/mol. The van der Waals surface area contributed by atoms with Gasteiger partial charge < -0.3 is 14.0 Å². The Kier molecular flexibility index (Phi) is 4.73. The number of hydrogen-bond donors (Lipinski definition) is 0. The molecule has 6 heteroatoms. The van der Waals surface area contributed by atoms with Crippen molar-refractivity contribution in [3.63, 3.8) is 0 Å². The van der Waals surface area contributed by atoms with Crippen LogP contribution in [0.1, 0.15) is 38.7 Å². The van der Waals surface area contributed by atoms with Gasteiger partial charge in [0.05, 0.1) is 24.8 Å². The second-order valence-electron chi connectivity index (χ2n) is 7.45. The summed E-state index contributed by atoms with van der Waals surface area (Å²) < 4.78 is 13.1. The first-order chi connectivity index (χ1) is 10.9. The second-order valence-corrected chi connectivity index (χ2v) is 7.45. The van der Waals surface area contributed by atoms with Crippen molar-refractivity contribution < 1.29 is 14.3 Å². The summed E-state index contributed by atoms with van der Waals surface area (Å²) in [5.41, 5.74) is 0.664. The fraction of sp³-hybridized carbons (Fsp3) is 0.765. The number of aromatic nitrogens is 2. The van der Waals surface area contributed by atoms with Gasteiger partial charge in [0, 0.05) is 38.8 Å². The van der Waals surface area contributed by atoms with E-state index in [1.165, 1.54) is 0 Å². The Morgan fingerprint density at radius 1 is 1.35 bits per heavy atom. The van der Waals surface area contributed by atoms with E-state index in [9.17, 15) is 4.79 Å². The molecule has 0 N–H and O–H groups in total. The van der Waals surface area contributed by atoms with Gasteiger partial charge >= 0.3 is 5.97 Å². The summed E-state index contributed by atoms with van der Waals surface area (Å²) in [6, 6.07) is 0. The van der Waals surface area contributed by atoms with Crippen LogP contribution in [0.4, 0.5) is 0 Å². The Balaban J connectivity index is 1.61. The van der Waals surface area contributed by atoms with E-state index in [0.717, 1.165) is 57.3 Å². The number of carbonyl (C=O) groups excluding carboxylic acids is 1. The van der Waals surface area contributed by atoms with Crippen molar-refractivity contribution in [3.8, 4) is 0 Å². The predicted octanol–water partition coefficient (Wildman–Crippen LogP) is 1.62. The molecule has 0 bridgehead atoms. The topological polar surface area (TPSA) is 56.6 Å². The van der Waals surface area contributed by atoms with E-state index in [1.807, 2.05) is 20.8 Å². The Morgan fingerprint density at radius 2 is 2.09 bits per heavy atom. The Bertz CT molecular complexity index is 556. The normalized spacial score (nSPS) is 22.7. The number of rotatable bonds is 3. The maximum absolute atomic E-state index is 12.3. The fourth-order valence-electron chi connectivity index (χ4n) is 3.14. The molecule has 1 aromatic heterocycles. The van der Waals surface area contributed by atoms with E-state index in [0.29, 0.717) is 6.42 Å².